The van der Waals surface area contributed by atoms with Crippen LogP contribution in [0.5, 0.6) is 0 Å². The zero-order valence-corrected chi connectivity index (χ0v) is 8.94. The minimum absolute atomic E-state index is 0.488. The minimum atomic E-state index is -2.48. The third kappa shape index (κ3) is 3.73. The Labute approximate surface area is 96.7 Å². The highest BCUT2D eigenvalue weighted by Crippen LogP contribution is 2.20. The average molecular weight is 252 g/mol. The fourth-order valence-electron chi connectivity index (χ4n) is 1.03. The Hall–Kier alpha value is -1.03. The van der Waals surface area contributed by atoms with Gasteiger partial charge in [0.2, 0.25) is 0 Å². The topological polar surface area (TPSA) is 159 Å². The lowest BCUT2D eigenvalue weighted by molar-refractivity contribution is -0.137. The molecule has 0 atom stereocenters. The molecule has 8 heteroatoms. The fraction of sp³-hybridized carbons (Fsp3) is 0.667. The van der Waals surface area contributed by atoms with Crippen LogP contribution in [0.1, 0.15) is 0 Å². The summed E-state index contributed by atoms with van der Waals surface area (Å²) in [6, 6.07) is 0. The van der Waals surface area contributed by atoms with E-state index in [2.05, 4.69) is 0 Å². The molecular weight excluding hydrogens is 236 g/mol. The van der Waals surface area contributed by atoms with Crippen LogP contribution in [0.25, 0.3) is 0 Å². The van der Waals surface area contributed by atoms with Gasteiger partial charge in [0.1, 0.15) is 11.2 Å². The zero-order chi connectivity index (χ0) is 13.7. The number of rotatable bonds is 7. The molecule has 7 N–H and O–H groups in total. The van der Waals surface area contributed by atoms with E-state index in [9.17, 15) is 15.0 Å². The van der Waals surface area contributed by atoms with Gasteiger partial charge in [-0.2, -0.15) is 0 Å². The number of carboxylic acid groups (broad SMARTS) is 1. The van der Waals surface area contributed by atoms with E-state index in [1.165, 1.54) is 0 Å². The number of aliphatic hydroxyl groups excluding tert-OH is 4. The monoisotopic (exact) mass is 252 g/mol. The lowest BCUT2D eigenvalue weighted by Crippen LogP contribution is -2.45. The Kier molecular flexibility index (Phi) is 5.69. The maximum atomic E-state index is 10.8. The van der Waals surface area contributed by atoms with Gasteiger partial charge in [0.15, 0.2) is 0 Å². The van der Waals surface area contributed by atoms with E-state index in [1.807, 2.05) is 0 Å². The van der Waals surface area contributed by atoms with Gasteiger partial charge >= 0.3 is 5.97 Å². The molecule has 0 unspecified atom stereocenters. The molecule has 0 saturated heterocycles. The Morgan fingerprint density at radius 3 is 1.59 bits per heavy atom. The van der Waals surface area contributed by atoms with Crippen LogP contribution in [0.3, 0.4) is 0 Å². The SMILES string of the molecule is O=C(O)C(=CC(O)(CO)CO)C(O)(CO)CO. The molecule has 0 heterocycles. The molecule has 0 bridgehead atoms. The predicted octanol–water partition coefficient (Wildman–Crippen LogP) is -3.57. The van der Waals surface area contributed by atoms with Gasteiger partial charge in [-0.3, -0.25) is 0 Å². The van der Waals surface area contributed by atoms with Crippen molar-refractivity contribution in [3.8, 4) is 0 Å². The van der Waals surface area contributed by atoms with E-state index < -0.39 is 49.2 Å². The summed E-state index contributed by atoms with van der Waals surface area (Å²) in [4.78, 5) is 10.8. The summed E-state index contributed by atoms with van der Waals surface area (Å²) in [5.74, 6) is -1.71. The van der Waals surface area contributed by atoms with E-state index >= 15 is 0 Å². The third-order valence-corrected chi connectivity index (χ3v) is 2.22. The third-order valence-electron chi connectivity index (χ3n) is 2.22. The van der Waals surface area contributed by atoms with Crippen LogP contribution < -0.4 is 0 Å². The van der Waals surface area contributed by atoms with Gasteiger partial charge in [-0.05, 0) is 6.08 Å². The van der Waals surface area contributed by atoms with Crippen molar-refractivity contribution in [3.63, 3.8) is 0 Å². The van der Waals surface area contributed by atoms with Gasteiger partial charge in [-0.1, -0.05) is 0 Å². The molecular formula is C9H16O8. The van der Waals surface area contributed by atoms with Crippen molar-refractivity contribution in [3.05, 3.63) is 11.6 Å². The van der Waals surface area contributed by atoms with Gasteiger partial charge in [0, 0.05) is 0 Å². The van der Waals surface area contributed by atoms with Crippen molar-refractivity contribution in [1.29, 1.82) is 0 Å². The van der Waals surface area contributed by atoms with Crippen molar-refractivity contribution >= 4 is 5.97 Å². The zero-order valence-electron chi connectivity index (χ0n) is 8.94. The molecule has 0 aromatic rings. The van der Waals surface area contributed by atoms with Crippen LogP contribution in [-0.4, -0.2) is 79.3 Å². The molecule has 0 spiro atoms. The molecule has 0 saturated carbocycles. The van der Waals surface area contributed by atoms with Gasteiger partial charge < -0.3 is 35.7 Å². The molecule has 0 aliphatic carbocycles. The maximum Gasteiger partial charge on any atom is 0.334 e. The second-order valence-corrected chi connectivity index (χ2v) is 3.63. The number of hydrogen-bond acceptors (Lipinski definition) is 7. The molecule has 8 nitrogen and oxygen atoms in total. The molecule has 0 amide bonds. The number of hydrogen-bond donors (Lipinski definition) is 7. The molecule has 0 aliphatic heterocycles. The van der Waals surface area contributed by atoms with Crippen LogP contribution in [0, 0.1) is 0 Å². The van der Waals surface area contributed by atoms with Crippen molar-refractivity contribution in [2.75, 3.05) is 26.4 Å². The van der Waals surface area contributed by atoms with Crippen LogP contribution >= 0.6 is 0 Å². The standard InChI is InChI=1S/C9H16O8/c10-2-8(16,3-11)1-6(7(14)15)9(17,4-12)5-13/h1,10-13,16-17H,2-5H2,(H,14,15). The van der Waals surface area contributed by atoms with Crippen molar-refractivity contribution < 1.29 is 40.5 Å². The van der Waals surface area contributed by atoms with Crippen LogP contribution in [0.2, 0.25) is 0 Å². The van der Waals surface area contributed by atoms with Crippen LogP contribution in [-0.2, 0) is 4.79 Å². The second kappa shape index (κ2) is 6.05. The van der Waals surface area contributed by atoms with Crippen LogP contribution in [0.4, 0.5) is 0 Å². The quantitative estimate of drug-likeness (QED) is 0.229. The summed E-state index contributed by atoms with van der Waals surface area (Å²) < 4.78 is 0. The first-order valence-corrected chi connectivity index (χ1v) is 4.63. The van der Waals surface area contributed by atoms with Gasteiger partial charge in [-0.25, -0.2) is 4.79 Å². The number of carboxylic acids is 1. The highest BCUT2D eigenvalue weighted by atomic mass is 16.4. The van der Waals surface area contributed by atoms with E-state index in [-0.39, 0.29) is 0 Å². The Bertz CT molecular complexity index is 289. The summed E-state index contributed by atoms with van der Waals surface area (Å²) in [7, 11) is 0. The van der Waals surface area contributed by atoms with Crippen molar-refractivity contribution in [2.24, 2.45) is 0 Å². The maximum absolute atomic E-state index is 10.8. The Morgan fingerprint density at radius 2 is 1.35 bits per heavy atom. The van der Waals surface area contributed by atoms with Gasteiger partial charge in [0.05, 0.1) is 32.0 Å². The van der Waals surface area contributed by atoms with E-state index in [1.54, 1.807) is 0 Å². The van der Waals surface area contributed by atoms with E-state index in [0.29, 0.717) is 6.08 Å². The van der Waals surface area contributed by atoms with Crippen LogP contribution in [0.15, 0.2) is 11.6 Å². The molecule has 17 heavy (non-hydrogen) atoms. The normalized spacial score (nSPS) is 13.9. The first-order valence-electron chi connectivity index (χ1n) is 4.63. The summed E-state index contributed by atoms with van der Waals surface area (Å²) >= 11 is 0. The average Bonchev–Trinajstić information content (AvgIpc) is 2.34. The van der Waals surface area contributed by atoms with E-state index in [4.69, 9.17) is 25.5 Å². The molecule has 0 radical (unpaired) electrons. The van der Waals surface area contributed by atoms with Crippen molar-refractivity contribution in [1.82, 2.24) is 0 Å². The largest absolute Gasteiger partial charge is 0.478 e. The van der Waals surface area contributed by atoms with Gasteiger partial charge in [0.25, 0.3) is 0 Å². The number of aliphatic carboxylic acids is 1. The summed E-state index contributed by atoms with van der Waals surface area (Å²) in [6.07, 6.45) is 0.488. The smallest absolute Gasteiger partial charge is 0.334 e. The number of carbonyl (C=O) groups is 1. The Morgan fingerprint density at radius 1 is 0.941 bits per heavy atom. The molecule has 0 rings (SSSR count). The molecule has 0 fully saturated rings. The summed E-state index contributed by atoms with van der Waals surface area (Å²) in [6.45, 7) is -4.19. The number of aliphatic hydroxyl groups is 6. The first kappa shape index (κ1) is 16.0. The lowest BCUT2D eigenvalue weighted by Gasteiger charge is -2.27. The minimum Gasteiger partial charge on any atom is -0.478 e. The van der Waals surface area contributed by atoms with E-state index in [0.717, 1.165) is 0 Å². The Balaban J connectivity index is 5.52. The second-order valence-electron chi connectivity index (χ2n) is 3.63. The highest BCUT2D eigenvalue weighted by molar-refractivity contribution is 5.89. The lowest BCUT2D eigenvalue weighted by atomic mass is 9.90. The summed E-state index contributed by atoms with van der Waals surface area (Å²) in [5, 5.41) is 63.1. The molecule has 0 aromatic heterocycles. The predicted molar refractivity (Wildman–Crippen MR) is 54.0 cm³/mol. The fourth-order valence-corrected chi connectivity index (χ4v) is 1.03. The van der Waals surface area contributed by atoms with Gasteiger partial charge in [-0.15, -0.1) is 0 Å². The molecule has 0 aliphatic rings. The highest BCUT2D eigenvalue weighted by Gasteiger charge is 2.38. The molecule has 0 aromatic carbocycles. The first-order chi connectivity index (χ1) is 7.78. The van der Waals surface area contributed by atoms with Crippen molar-refractivity contribution in [2.45, 2.75) is 11.2 Å². The molecule has 100 valence electrons. The summed E-state index contributed by atoms with van der Waals surface area (Å²) in [5.41, 5.74) is -5.68.